The monoisotopic (exact) mass is 436 g/mol. The Kier molecular flexibility index (Phi) is 5.61. The highest BCUT2D eigenvalue weighted by atomic mass is 16.7. The van der Waals surface area contributed by atoms with Crippen LogP contribution in [0.5, 0.6) is 11.5 Å². The van der Waals surface area contributed by atoms with Crippen LogP contribution in [0.25, 0.3) is 11.0 Å². The Morgan fingerprint density at radius 1 is 1.03 bits per heavy atom. The minimum atomic E-state index is -0.0465. The predicted molar refractivity (Wildman–Crippen MR) is 122 cm³/mol. The Morgan fingerprint density at radius 3 is 2.50 bits per heavy atom. The number of aryl methyl sites for hydroxylation is 1. The van der Waals surface area contributed by atoms with Gasteiger partial charge in [0.05, 0.1) is 17.7 Å². The summed E-state index contributed by atoms with van der Waals surface area (Å²) in [5.41, 5.74) is 2.71. The van der Waals surface area contributed by atoms with E-state index in [1.807, 2.05) is 45.5 Å². The zero-order valence-corrected chi connectivity index (χ0v) is 18.3. The van der Waals surface area contributed by atoms with Gasteiger partial charge < -0.3 is 14.8 Å². The van der Waals surface area contributed by atoms with Gasteiger partial charge in [-0.05, 0) is 43.5 Å². The molecule has 32 heavy (non-hydrogen) atoms. The van der Waals surface area contributed by atoms with Crippen LogP contribution in [0.3, 0.4) is 0 Å². The summed E-state index contributed by atoms with van der Waals surface area (Å²) in [6.07, 6.45) is 2.44. The van der Waals surface area contributed by atoms with Crippen LogP contribution in [0.1, 0.15) is 26.2 Å². The lowest BCUT2D eigenvalue weighted by atomic mass is 9.96. The molecule has 0 unspecified atom stereocenters. The summed E-state index contributed by atoms with van der Waals surface area (Å²) in [5, 5.41) is 3.00. The lowest BCUT2D eigenvalue weighted by molar-refractivity contribution is -0.121. The molecule has 5 rings (SSSR count). The van der Waals surface area contributed by atoms with Gasteiger partial charge in [0.25, 0.3) is 0 Å². The van der Waals surface area contributed by atoms with E-state index in [0.717, 1.165) is 49.1 Å². The van der Waals surface area contributed by atoms with E-state index in [4.69, 9.17) is 9.47 Å². The third-order valence-electron chi connectivity index (χ3n) is 6.31. The highest BCUT2D eigenvalue weighted by Gasteiger charge is 2.26. The molecule has 0 saturated carbocycles. The third-order valence-corrected chi connectivity index (χ3v) is 6.31. The normalized spacial score (nSPS) is 16.5. The number of imidazole rings is 1. The fourth-order valence-corrected chi connectivity index (χ4v) is 4.60. The molecule has 3 aromatic rings. The summed E-state index contributed by atoms with van der Waals surface area (Å²) >= 11 is 0. The second kappa shape index (κ2) is 8.70. The van der Waals surface area contributed by atoms with E-state index in [2.05, 4.69) is 17.1 Å². The van der Waals surface area contributed by atoms with Crippen molar-refractivity contribution in [2.45, 2.75) is 39.4 Å². The van der Waals surface area contributed by atoms with Gasteiger partial charge in [0.15, 0.2) is 11.5 Å². The van der Waals surface area contributed by atoms with Crippen LogP contribution in [-0.4, -0.2) is 39.8 Å². The quantitative estimate of drug-likeness (QED) is 0.642. The van der Waals surface area contributed by atoms with Crippen LogP contribution in [-0.2, 0) is 18.0 Å². The molecule has 0 aliphatic carbocycles. The van der Waals surface area contributed by atoms with E-state index in [9.17, 15) is 9.59 Å². The number of carbonyl (C=O) groups excluding carboxylic acids is 1. The Hall–Kier alpha value is -3.26. The molecular weight excluding hydrogens is 408 g/mol. The zero-order valence-electron chi connectivity index (χ0n) is 18.3. The first-order chi connectivity index (χ1) is 15.6. The Bertz CT molecular complexity index is 1190. The number of piperidine rings is 1. The first-order valence-corrected chi connectivity index (χ1v) is 11.2. The van der Waals surface area contributed by atoms with Gasteiger partial charge in [-0.15, -0.1) is 0 Å². The van der Waals surface area contributed by atoms with Crippen LogP contribution >= 0.6 is 0 Å². The second-order valence-electron chi connectivity index (χ2n) is 8.44. The number of aromatic nitrogens is 2. The Morgan fingerprint density at radius 2 is 1.75 bits per heavy atom. The summed E-state index contributed by atoms with van der Waals surface area (Å²) in [5.74, 6) is 1.34. The number of ether oxygens (including phenoxy) is 2. The van der Waals surface area contributed by atoms with Crippen molar-refractivity contribution < 1.29 is 14.3 Å². The number of nitrogens with zero attached hydrogens (tertiary/aromatic N) is 3. The number of nitrogens with one attached hydrogen (secondary N) is 1. The minimum Gasteiger partial charge on any atom is -0.454 e. The number of likely N-dealkylation sites (tertiary alicyclic amines) is 1. The highest BCUT2D eigenvalue weighted by Crippen LogP contribution is 2.34. The number of hydrogen-bond acceptors (Lipinski definition) is 5. The maximum atomic E-state index is 13.0. The van der Waals surface area contributed by atoms with Gasteiger partial charge in [-0.1, -0.05) is 19.1 Å². The molecule has 0 bridgehead atoms. The van der Waals surface area contributed by atoms with Crippen molar-refractivity contribution in [2.24, 2.45) is 5.92 Å². The molecule has 168 valence electrons. The molecule has 1 aromatic heterocycles. The Balaban J connectivity index is 1.22. The van der Waals surface area contributed by atoms with Gasteiger partial charge in [0, 0.05) is 37.3 Å². The van der Waals surface area contributed by atoms with Crippen molar-refractivity contribution in [3.05, 3.63) is 52.9 Å². The number of fused-ring (bicyclic) bond motifs is 2. The van der Waals surface area contributed by atoms with Crippen molar-refractivity contribution in [1.82, 2.24) is 14.0 Å². The van der Waals surface area contributed by atoms with Crippen LogP contribution in [0.4, 0.5) is 5.69 Å². The lowest BCUT2D eigenvalue weighted by Crippen LogP contribution is -2.41. The summed E-state index contributed by atoms with van der Waals surface area (Å²) in [6, 6.07) is 13.4. The molecule has 0 radical (unpaired) electrons. The van der Waals surface area contributed by atoms with Crippen LogP contribution in [0.15, 0.2) is 47.3 Å². The number of hydrogen-bond donors (Lipinski definition) is 1. The fourth-order valence-electron chi connectivity index (χ4n) is 4.60. The van der Waals surface area contributed by atoms with Crippen molar-refractivity contribution in [2.75, 3.05) is 25.2 Å². The van der Waals surface area contributed by atoms with Crippen LogP contribution in [0, 0.1) is 5.92 Å². The molecule has 1 N–H and O–H groups in total. The molecule has 1 fully saturated rings. The average Bonchev–Trinajstić information content (AvgIpc) is 3.38. The maximum Gasteiger partial charge on any atom is 0.330 e. The van der Waals surface area contributed by atoms with E-state index in [1.165, 1.54) is 0 Å². The maximum absolute atomic E-state index is 13.0. The minimum absolute atomic E-state index is 0.0280. The highest BCUT2D eigenvalue weighted by molar-refractivity contribution is 5.93. The summed E-state index contributed by atoms with van der Waals surface area (Å²) < 4.78 is 14.4. The lowest BCUT2D eigenvalue weighted by Gasteiger charge is -2.31. The molecular formula is C24H28N4O4. The Labute approximate surface area is 186 Å². The zero-order chi connectivity index (χ0) is 22.1. The van der Waals surface area contributed by atoms with Crippen LogP contribution < -0.4 is 20.5 Å². The van der Waals surface area contributed by atoms with Gasteiger partial charge in [-0.2, -0.15) is 0 Å². The van der Waals surface area contributed by atoms with E-state index >= 15 is 0 Å². The molecule has 1 saturated heterocycles. The van der Waals surface area contributed by atoms with E-state index < -0.39 is 0 Å². The van der Waals surface area contributed by atoms with Crippen LogP contribution in [0.2, 0.25) is 0 Å². The number of benzene rings is 2. The summed E-state index contributed by atoms with van der Waals surface area (Å²) in [6.45, 7) is 5.11. The topological polar surface area (TPSA) is 77.7 Å². The third kappa shape index (κ3) is 3.86. The molecule has 0 atom stereocenters. The van der Waals surface area contributed by atoms with Gasteiger partial charge in [0.1, 0.15) is 0 Å². The summed E-state index contributed by atoms with van der Waals surface area (Å²) in [4.78, 5) is 28.1. The molecule has 1 amide bonds. The molecule has 2 aromatic carbocycles. The van der Waals surface area contributed by atoms with Gasteiger partial charge in [-0.25, -0.2) is 4.79 Å². The van der Waals surface area contributed by atoms with E-state index in [0.29, 0.717) is 24.7 Å². The largest absolute Gasteiger partial charge is 0.454 e. The first-order valence-electron chi connectivity index (χ1n) is 11.2. The predicted octanol–water partition coefficient (Wildman–Crippen LogP) is 3.25. The first kappa shape index (κ1) is 20.6. The fraction of sp³-hybridized carbons (Fsp3) is 0.417. The van der Waals surface area contributed by atoms with Gasteiger partial charge in [-0.3, -0.25) is 18.8 Å². The number of amides is 1. The van der Waals surface area contributed by atoms with Gasteiger partial charge in [0.2, 0.25) is 12.7 Å². The van der Waals surface area contributed by atoms with Gasteiger partial charge >= 0.3 is 5.69 Å². The van der Waals surface area contributed by atoms with Crippen molar-refractivity contribution in [3.63, 3.8) is 0 Å². The molecule has 8 heteroatoms. The average molecular weight is 437 g/mol. The van der Waals surface area contributed by atoms with Crippen molar-refractivity contribution >= 4 is 22.6 Å². The molecule has 0 spiro atoms. The number of carbonyl (C=O) groups is 1. The second-order valence-corrected chi connectivity index (χ2v) is 8.44. The molecule has 8 nitrogen and oxygen atoms in total. The smallest absolute Gasteiger partial charge is 0.330 e. The summed E-state index contributed by atoms with van der Waals surface area (Å²) in [7, 11) is 0. The van der Waals surface area contributed by atoms with E-state index in [1.54, 1.807) is 6.07 Å². The van der Waals surface area contributed by atoms with E-state index in [-0.39, 0.29) is 24.3 Å². The SMILES string of the molecule is CCCn1c(=O)n(CN2CCC(C(=O)Nc3ccc4c(c3)OCO4)CC2)c2ccccc21. The number of rotatable bonds is 6. The van der Waals surface area contributed by atoms with Crippen molar-refractivity contribution in [1.29, 1.82) is 0 Å². The number of para-hydroxylation sites is 2. The molecule has 2 aliphatic rings. The molecule has 2 aliphatic heterocycles. The van der Waals surface area contributed by atoms with Crippen molar-refractivity contribution in [3.8, 4) is 11.5 Å². The standard InChI is InChI=1S/C24H28N4O4/c1-2-11-27-19-5-3-4-6-20(19)28(24(27)30)15-26-12-9-17(10-13-26)23(29)25-18-7-8-21-22(14-18)32-16-31-21/h3-8,14,17H,2,9-13,15-16H2,1H3,(H,25,29). The number of anilines is 1. The molecule has 3 heterocycles.